The fourth-order valence-corrected chi connectivity index (χ4v) is 3.26. The van der Waals surface area contributed by atoms with Crippen molar-refractivity contribution in [2.45, 2.75) is 19.0 Å². The third kappa shape index (κ3) is 3.36. The van der Waals surface area contributed by atoms with E-state index in [1.54, 1.807) is 17.2 Å². The number of H-pyrrole nitrogens is 1. The lowest BCUT2D eigenvalue weighted by Crippen LogP contribution is -2.38. The summed E-state index contributed by atoms with van der Waals surface area (Å²) in [7, 11) is 0. The zero-order valence-corrected chi connectivity index (χ0v) is 14.2. The number of benzene rings is 2. The minimum atomic E-state index is -0.263. The maximum absolute atomic E-state index is 13.3. The number of aromatic amines is 1. The number of halogens is 1. The van der Waals surface area contributed by atoms with Gasteiger partial charge in [0.05, 0.1) is 12.2 Å². The number of aromatic nitrogens is 2. The minimum absolute atomic E-state index is 0.0532. The van der Waals surface area contributed by atoms with Crippen LogP contribution in [0.2, 0.25) is 0 Å². The molecule has 0 bridgehead atoms. The number of hydrogen-bond donors (Lipinski definition) is 2. The van der Waals surface area contributed by atoms with E-state index < -0.39 is 0 Å². The Balaban J connectivity index is 1.40. The van der Waals surface area contributed by atoms with Crippen LogP contribution in [0, 0.1) is 5.82 Å². The molecule has 3 aromatic rings. The lowest BCUT2D eigenvalue weighted by molar-refractivity contribution is -0.118. The molecule has 1 amide bonds. The first-order valence-corrected chi connectivity index (χ1v) is 8.59. The lowest BCUT2D eigenvalue weighted by Gasteiger charge is -2.17. The van der Waals surface area contributed by atoms with Crippen molar-refractivity contribution < 1.29 is 9.18 Å². The van der Waals surface area contributed by atoms with E-state index in [-0.39, 0.29) is 17.8 Å². The van der Waals surface area contributed by atoms with Crippen molar-refractivity contribution >= 4 is 11.6 Å². The molecular formula is C20H19FN4O. The maximum Gasteiger partial charge on any atom is 0.244 e. The molecule has 6 heteroatoms. The molecule has 1 saturated heterocycles. The van der Waals surface area contributed by atoms with Crippen molar-refractivity contribution in [1.29, 1.82) is 0 Å². The highest BCUT2D eigenvalue weighted by atomic mass is 19.1. The Labute approximate surface area is 150 Å². The Kier molecular flexibility index (Phi) is 4.50. The van der Waals surface area contributed by atoms with Gasteiger partial charge < -0.3 is 10.2 Å². The number of nitrogens with zero attached hydrogens (tertiary/aromatic N) is 2. The van der Waals surface area contributed by atoms with Gasteiger partial charge in [-0.2, -0.15) is 5.10 Å². The van der Waals surface area contributed by atoms with Crippen LogP contribution in [-0.2, 0) is 11.3 Å². The van der Waals surface area contributed by atoms with Crippen molar-refractivity contribution in [3.05, 3.63) is 72.3 Å². The largest absolute Gasteiger partial charge is 0.311 e. The number of hydrogen-bond acceptors (Lipinski definition) is 3. The molecule has 1 atom stereocenters. The van der Waals surface area contributed by atoms with Crippen LogP contribution in [0.15, 0.2) is 60.9 Å². The second-order valence-electron chi connectivity index (χ2n) is 6.38. The summed E-state index contributed by atoms with van der Waals surface area (Å²) in [5.74, 6) is -0.209. The first-order valence-electron chi connectivity index (χ1n) is 8.59. The summed E-state index contributed by atoms with van der Waals surface area (Å²) >= 11 is 0. The van der Waals surface area contributed by atoms with Crippen LogP contribution in [0.5, 0.6) is 0 Å². The highest BCUT2D eigenvalue weighted by molar-refractivity contribution is 5.99. The Morgan fingerprint density at radius 3 is 2.77 bits per heavy atom. The molecule has 1 aliphatic heterocycles. The van der Waals surface area contributed by atoms with Crippen molar-refractivity contribution in [1.82, 2.24) is 15.5 Å². The van der Waals surface area contributed by atoms with Gasteiger partial charge in [0.2, 0.25) is 5.91 Å². The van der Waals surface area contributed by atoms with Crippen molar-refractivity contribution in [3.8, 4) is 11.1 Å². The molecule has 1 fully saturated rings. The first kappa shape index (κ1) is 16.5. The van der Waals surface area contributed by atoms with Gasteiger partial charge in [0.25, 0.3) is 0 Å². The summed E-state index contributed by atoms with van der Waals surface area (Å²) in [4.78, 5) is 14.5. The summed E-state index contributed by atoms with van der Waals surface area (Å²) in [6.07, 6.45) is 4.34. The predicted octanol–water partition coefficient (Wildman–Crippen LogP) is 3.11. The Bertz CT molecular complexity index is 892. The standard InChI is InChI=1S/C20H19FN4O/c21-17-3-1-2-14(10-17)11-22-19-8-9-25(20(19)26)18-6-4-15(5-7-18)16-12-23-24-13-16/h1-7,10,12-13,19,22H,8-9,11H2,(H,23,24). The average molecular weight is 350 g/mol. The van der Waals surface area contributed by atoms with Gasteiger partial charge in [-0.05, 0) is 41.8 Å². The van der Waals surface area contributed by atoms with E-state index in [1.165, 1.54) is 12.1 Å². The van der Waals surface area contributed by atoms with Crippen molar-refractivity contribution in [3.63, 3.8) is 0 Å². The predicted molar refractivity (Wildman–Crippen MR) is 98.0 cm³/mol. The Morgan fingerprint density at radius 2 is 2.04 bits per heavy atom. The number of carbonyl (C=O) groups is 1. The summed E-state index contributed by atoms with van der Waals surface area (Å²) in [6, 6.07) is 14.1. The SMILES string of the molecule is O=C1C(NCc2cccc(F)c2)CCN1c1ccc(-c2cn[nH]c2)cc1. The van der Waals surface area contributed by atoms with Crippen LogP contribution in [0.3, 0.4) is 0 Å². The molecular weight excluding hydrogens is 331 g/mol. The Morgan fingerprint density at radius 1 is 1.19 bits per heavy atom. The minimum Gasteiger partial charge on any atom is -0.311 e. The van der Waals surface area contributed by atoms with Gasteiger partial charge in [-0.25, -0.2) is 4.39 Å². The van der Waals surface area contributed by atoms with E-state index in [1.807, 2.05) is 36.5 Å². The molecule has 5 nitrogen and oxygen atoms in total. The molecule has 2 aromatic carbocycles. The van der Waals surface area contributed by atoms with Gasteiger partial charge in [0.15, 0.2) is 0 Å². The monoisotopic (exact) mass is 350 g/mol. The fraction of sp³-hybridized carbons (Fsp3) is 0.200. The average Bonchev–Trinajstić information content (AvgIpc) is 3.31. The quantitative estimate of drug-likeness (QED) is 0.743. The number of nitrogens with one attached hydrogen (secondary N) is 2. The molecule has 0 radical (unpaired) electrons. The molecule has 0 spiro atoms. The van der Waals surface area contributed by atoms with Gasteiger partial charge in [-0.15, -0.1) is 0 Å². The Hall–Kier alpha value is -2.99. The third-order valence-corrected chi connectivity index (χ3v) is 4.66. The topological polar surface area (TPSA) is 61.0 Å². The highest BCUT2D eigenvalue weighted by Crippen LogP contribution is 2.25. The van der Waals surface area contributed by atoms with Crippen LogP contribution < -0.4 is 10.2 Å². The first-order chi connectivity index (χ1) is 12.7. The molecule has 0 aliphatic carbocycles. The van der Waals surface area contributed by atoms with Gasteiger partial charge >= 0.3 is 0 Å². The number of anilines is 1. The van der Waals surface area contributed by atoms with E-state index in [0.717, 1.165) is 28.8 Å². The molecule has 4 rings (SSSR count). The van der Waals surface area contributed by atoms with E-state index in [2.05, 4.69) is 15.5 Å². The van der Waals surface area contributed by atoms with E-state index in [9.17, 15) is 9.18 Å². The van der Waals surface area contributed by atoms with Gasteiger partial charge in [0.1, 0.15) is 5.82 Å². The zero-order valence-electron chi connectivity index (χ0n) is 14.2. The normalized spacial score (nSPS) is 17.0. The van der Waals surface area contributed by atoms with Crippen molar-refractivity contribution in [2.75, 3.05) is 11.4 Å². The summed E-state index contributed by atoms with van der Waals surface area (Å²) in [6.45, 7) is 1.14. The smallest absolute Gasteiger partial charge is 0.244 e. The van der Waals surface area contributed by atoms with E-state index in [0.29, 0.717) is 13.1 Å². The lowest BCUT2D eigenvalue weighted by atomic mass is 10.1. The van der Waals surface area contributed by atoms with Gasteiger partial charge in [-0.1, -0.05) is 24.3 Å². The second-order valence-corrected chi connectivity index (χ2v) is 6.38. The van der Waals surface area contributed by atoms with Crippen molar-refractivity contribution in [2.24, 2.45) is 0 Å². The second kappa shape index (κ2) is 7.09. The number of carbonyl (C=O) groups excluding carboxylic acids is 1. The molecule has 26 heavy (non-hydrogen) atoms. The van der Waals surface area contributed by atoms with E-state index in [4.69, 9.17) is 0 Å². The van der Waals surface area contributed by atoms with Crippen LogP contribution >= 0.6 is 0 Å². The van der Waals surface area contributed by atoms with Crippen LogP contribution in [0.1, 0.15) is 12.0 Å². The molecule has 0 saturated carbocycles. The molecule has 2 heterocycles. The molecule has 1 aromatic heterocycles. The number of amides is 1. The summed E-state index contributed by atoms with van der Waals surface area (Å²) in [5, 5.41) is 9.98. The maximum atomic E-state index is 13.3. The van der Waals surface area contributed by atoms with Crippen LogP contribution in [-0.4, -0.2) is 28.7 Å². The van der Waals surface area contributed by atoms with Gasteiger partial charge in [-0.3, -0.25) is 9.89 Å². The molecule has 1 unspecified atom stereocenters. The van der Waals surface area contributed by atoms with Gasteiger partial charge in [0, 0.05) is 30.5 Å². The fourth-order valence-electron chi connectivity index (χ4n) is 3.26. The summed E-state index contributed by atoms with van der Waals surface area (Å²) < 4.78 is 13.3. The van der Waals surface area contributed by atoms with Crippen LogP contribution in [0.4, 0.5) is 10.1 Å². The molecule has 2 N–H and O–H groups in total. The summed E-state index contributed by atoms with van der Waals surface area (Å²) in [5.41, 5.74) is 3.78. The van der Waals surface area contributed by atoms with E-state index >= 15 is 0 Å². The van der Waals surface area contributed by atoms with Crippen LogP contribution in [0.25, 0.3) is 11.1 Å². The third-order valence-electron chi connectivity index (χ3n) is 4.66. The zero-order chi connectivity index (χ0) is 17.9. The highest BCUT2D eigenvalue weighted by Gasteiger charge is 2.32. The molecule has 1 aliphatic rings. The molecule has 132 valence electrons. The number of rotatable bonds is 5.